The highest BCUT2D eigenvalue weighted by molar-refractivity contribution is 6.04. The summed E-state index contributed by atoms with van der Waals surface area (Å²) in [4.78, 5) is 18.9. The Kier molecular flexibility index (Phi) is 8.83. The maximum absolute atomic E-state index is 17.1. The predicted octanol–water partition coefficient (Wildman–Crippen LogP) is 5.71. The van der Waals surface area contributed by atoms with Gasteiger partial charge in [0.05, 0.1) is 39.1 Å². The number of methoxy groups -OCH3 is 1. The second kappa shape index (κ2) is 13.4. The summed E-state index contributed by atoms with van der Waals surface area (Å²) in [6, 6.07) is 5.95. The first-order valence-corrected chi connectivity index (χ1v) is 17.5. The van der Waals surface area contributed by atoms with E-state index in [1.54, 1.807) is 0 Å². The zero-order chi connectivity index (χ0) is 34.4. The molecular weight excluding hydrogens is 644 g/mol. The van der Waals surface area contributed by atoms with Crippen molar-refractivity contribution in [1.82, 2.24) is 19.9 Å². The summed E-state index contributed by atoms with van der Waals surface area (Å²) < 4.78 is 55.7. The van der Waals surface area contributed by atoms with Gasteiger partial charge in [0.25, 0.3) is 0 Å². The average molecular weight is 686 g/mol. The summed E-state index contributed by atoms with van der Waals surface area (Å²) in [5, 5.41) is 11.6. The van der Waals surface area contributed by atoms with Crippen LogP contribution in [0.15, 0.2) is 24.3 Å². The molecule has 2 aromatic heterocycles. The molecule has 0 radical (unpaired) electrons. The standard InChI is InChI=1S/C38H41F2N5O5/c1-3-26-28(39)9-8-24-17-25(46)18-27(30(24)26)33-32(40)34-31(36(41-33)47-2)35(44-13-6-15-48-16-14-44)43-37(42-34)50-22-38-10-4-7-29(38)45(12-5-11-38)19-23-20-49-21-23/h1,8-9,17-18,23,29,46H,4-7,10-16,19-22H2,2H3/t29?,38-/m1/s1. The van der Waals surface area contributed by atoms with Crippen molar-refractivity contribution in [3.8, 4) is 41.2 Å². The molecule has 4 fully saturated rings. The van der Waals surface area contributed by atoms with Crippen LogP contribution in [0.25, 0.3) is 32.9 Å². The van der Waals surface area contributed by atoms with E-state index in [1.807, 2.05) is 4.90 Å². The third-order valence-electron chi connectivity index (χ3n) is 11.0. The van der Waals surface area contributed by atoms with Crippen LogP contribution in [0.4, 0.5) is 14.6 Å². The fourth-order valence-electron chi connectivity index (χ4n) is 8.59. The summed E-state index contributed by atoms with van der Waals surface area (Å²) >= 11 is 0. The SMILES string of the molecule is C#Cc1c(F)ccc2cc(O)cc(-c3nc(OC)c4c(N5CCCOCC5)nc(OC[C@]56CCCC5N(CC5COC5)CCC6)nc4c3F)c12. The molecule has 4 aromatic rings. The molecule has 3 aliphatic heterocycles. The van der Waals surface area contributed by atoms with Crippen LogP contribution in [0.1, 0.15) is 44.1 Å². The predicted molar refractivity (Wildman–Crippen MR) is 185 cm³/mol. The van der Waals surface area contributed by atoms with Crippen LogP contribution in [-0.4, -0.2) is 97.3 Å². The van der Waals surface area contributed by atoms with Crippen molar-refractivity contribution in [1.29, 1.82) is 0 Å². The first-order valence-electron chi connectivity index (χ1n) is 17.5. The molecule has 1 unspecified atom stereocenters. The second-order valence-corrected chi connectivity index (χ2v) is 14.0. The van der Waals surface area contributed by atoms with E-state index in [4.69, 9.17) is 35.3 Å². The van der Waals surface area contributed by atoms with Gasteiger partial charge in [-0.2, -0.15) is 9.97 Å². The monoisotopic (exact) mass is 685 g/mol. The Hall–Kier alpha value is -4.31. The van der Waals surface area contributed by atoms with E-state index in [2.05, 4.69) is 15.8 Å². The summed E-state index contributed by atoms with van der Waals surface area (Å²) in [5.74, 6) is 1.90. The van der Waals surface area contributed by atoms with Gasteiger partial charge < -0.3 is 29.0 Å². The number of halogens is 2. The number of piperidine rings is 1. The zero-order valence-corrected chi connectivity index (χ0v) is 28.2. The van der Waals surface area contributed by atoms with Crippen molar-refractivity contribution >= 4 is 27.5 Å². The van der Waals surface area contributed by atoms with Gasteiger partial charge in [-0.25, -0.2) is 13.8 Å². The normalized spacial score (nSPS) is 23.0. The molecule has 2 aromatic carbocycles. The fourth-order valence-corrected chi connectivity index (χ4v) is 8.59. The van der Waals surface area contributed by atoms with E-state index in [0.717, 1.165) is 64.8 Å². The van der Waals surface area contributed by atoms with E-state index in [9.17, 15) is 9.50 Å². The van der Waals surface area contributed by atoms with E-state index in [1.165, 1.54) is 31.4 Å². The van der Waals surface area contributed by atoms with Crippen molar-refractivity contribution in [2.45, 2.75) is 44.6 Å². The van der Waals surface area contributed by atoms with E-state index in [0.29, 0.717) is 61.5 Å². The van der Waals surface area contributed by atoms with Crippen molar-refractivity contribution < 1.29 is 32.8 Å². The van der Waals surface area contributed by atoms with Gasteiger partial charge in [-0.05, 0) is 62.2 Å². The van der Waals surface area contributed by atoms with Crippen LogP contribution < -0.4 is 14.4 Å². The van der Waals surface area contributed by atoms with E-state index < -0.39 is 11.6 Å². The molecule has 10 nitrogen and oxygen atoms in total. The van der Waals surface area contributed by atoms with Crippen LogP contribution in [-0.2, 0) is 9.47 Å². The van der Waals surface area contributed by atoms with Crippen molar-refractivity contribution in [2.75, 3.05) is 71.2 Å². The van der Waals surface area contributed by atoms with Crippen molar-refractivity contribution in [3.63, 3.8) is 0 Å². The van der Waals surface area contributed by atoms with Gasteiger partial charge in [0, 0.05) is 54.6 Å². The molecule has 0 amide bonds. The Labute approximate surface area is 289 Å². The van der Waals surface area contributed by atoms with Crippen LogP contribution in [0.5, 0.6) is 17.6 Å². The molecule has 5 heterocycles. The molecule has 0 spiro atoms. The number of terminal acetylenes is 1. The number of nitrogens with zero attached hydrogens (tertiary/aromatic N) is 5. The number of pyridine rings is 1. The molecule has 262 valence electrons. The Bertz CT molecular complexity index is 1980. The average Bonchev–Trinajstić information content (AvgIpc) is 3.35. The van der Waals surface area contributed by atoms with E-state index >= 15 is 4.39 Å². The number of aromatic hydroxyl groups is 1. The van der Waals surface area contributed by atoms with Crippen LogP contribution >= 0.6 is 0 Å². The van der Waals surface area contributed by atoms with Gasteiger partial charge in [-0.3, -0.25) is 4.90 Å². The topological polar surface area (TPSA) is 102 Å². The number of likely N-dealkylation sites (tertiary alicyclic amines) is 1. The summed E-state index contributed by atoms with van der Waals surface area (Å²) in [5.41, 5.74) is -0.241. The number of phenolic OH excluding ortho intramolecular Hbond substituents is 1. The van der Waals surface area contributed by atoms with Crippen molar-refractivity contribution in [3.05, 3.63) is 41.5 Å². The molecule has 8 rings (SSSR count). The third kappa shape index (κ3) is 5.75. The number of aromatic nitrogens is 3. The number of phenols is 1. The quantitative estimate of drug-likeness (QED) is 0.232. The Morgan fingerprint density at radius 3 is 2.68 bits per heavy atom. The van der Waals surface area contributed by atoms with Gasteiger partial charge >= 0.3 is 6.01 Å². The van der Waals surface area contributed by atoms with Gasteiger partial charge in [-0.15, -0.1) is 6.42 Å². The lowest BCUT2D eigenvalue weighted by molar-refractivity contribution is -0.0731. The first kappa shape index (κ1) is 32.9. The molecule has 0 bridgehead atoms. The molecule has 1 saturated carbocycles. The highest BCUT2D eigenvalue weighted by Crippen LogP contribution is 2.49. The number of hydrogen-bond donors (Lipinski definition) is 1. The summed E-state index contributed by atoms with van der Waals surface area (Å²) in [6.07, 6.45) is 11.9. The highest BCUT2D eigenvalue weighted by atomic mass is 19.1. The minimum atomic E-state index is -0.789. The lowest BCUT2D eigenvalue weighted by atomic mass is 9.75. The molecule has 1 aliphatic carbocycles. The van der Waals surface area contributed by atoms with Crippen LogP contribution in [0.2, 0.25) is 0 Å². The van der Waals surface area contributed by atoms with Crippen LogP contribution in [0, 0.1) is 35.3 Å². The number of hydrogen-bond acceptors (Lipinski definition) is 10. The number of fused-ring (bicyclic) bond motifs is 3. The maximum Gasteiger partial charge on any atom is 0.319 e. The molecule has 3 saturated heterocycles. The highest BCUT2D eigenvalue weighted by Gasteiger charge is 2.49. The summed E-state index contributed by atoms with van der Waals surface area (Å²) in [6.45, 7) is 6.39. The molecule has 50 heavy (non-hydrogen) atoms. The first-order chi connectivity index (χ1) is 24.4. The molecule has 2 atom stereocenters. The van der Waals surface area contributed by atoms with E-state index in [-0.39, 0.29) is 50.8 Å². The van der Waals surface area contributed by atoms with Gasteiger partial charge in [-0.1, -0.05) is 18.4 Å². The number of rotatable bonds is 8. The summed E-state index contributed by atoms with van der Waals surface area (Å²) in [7, 11) is 1.44. The minimum Gasteiger partial charge on any atom is -0.508 e. The van der Waals surface area contributed by atoms with Gasteiger partial charge in [0.1, 0.15) is 34.0 Å². The van der Waals surface area contributed by atoms with Crippen molar-refractivity contribution in [2.24, 2.45) is 11.3 Å². The second-order valence-electron chi connectivity index (χ2n) is 14.0. The number of anilines is 1. The third-order valence-corrected chi connectivity index (χ3v) is 11.0. The largest absolute Gasteiger partial charge is 0.508 e. The van der Waals surface area contributed by atoms with Gasteiger partial charge in [0.2, 0.25) is 5.88 Å². The Balaban J connectivity index is 1.25. The minimum absolute atomic E-state index is 0.0480. The molecular formula is C38H41F2N5O5. The van der Waals surface area contributed by atoms with Crippen LogP contribution in [0.3, 0.4) is 0 Å². The lowest BCUT2D eigenvalue weighted by Crippen LogP contribution is -2.54. The molecule has 4 aliphatic rings. The number of ether oxygens (including phenoxy) is 4. The Morgan fingerprint density at radius 2 is 1.88 bits per heavy atom. The lowest BCUT2D eigenvalue weighted by Gasteiger charge is -2.48. The smallest absolute Gasteiger partial charge is 0.319 e. The Morgan fingerprint density at radius 1 is 1.02 bits per heavy atom. The number of benzene rings is 2. The molecule has 1 N–H and O–H groups in total. The van der Waals surface area contributed by atoms with Gasteiger partial charge in [0.15, 0.2) is 5.82 Å². The fraction of sp³-hybridized carbons (Fsp3) is 0.500. The maximum atomic E-state index is 17.1. The molecule has 12 heteroatoms. The zero-order valence-electron chi connectivity index (χ0n) is 28.2.